The fraction of sp³-hybridized carbons (Fsp3) is 0.480. The van der Waals surface area contributed by atoms with Gasteiger partial charge in [0.2, 0.25) is 17.7 Å². The molecule has 3 rings (SSSR count). The molecule has 0 spiro atoms. The summed E-state index contributed by atoms with van der Waals surface area (Å²) >= 11 is 0. The van der Waals surface area contributed by atoms with Crippen molar-refractivity contribution in [1.29, 1.82) is 0 Å². The molecule has 38 heavy (non-hydrogen) atoms. The second kappa shape index (κ2) is 12.2. The first kappa shape index (κ1) is 28.8. The molecule has 0 aliphatic carbocycles. The molecular formula is C25H29F4N5O4. The molecule has 2 aromatic rings. The number of carbonyl (C=O) groups is 3. The number of hydrogen-bond acceptors (Lipinski definition) is 6. The number of nitrogens with zero attached hydrogens (tertiary/aromatic N) is 3. The summed E-state index contributed by atoms with van der Waals surface area (Å²) in [5.41, 5.74) is 2.47. The first-order valence-electron chi connectivity index (χ1n) is 11.9. The van der Waals surface area contributed by atoms with Crippen LogP contribution in [0.15, 0.2) is 24.5 Å². The lowest BCUT2D eigenvalue weighted by Crippen LogP contribution is -2.34. The van der Waals surface area contributed by atoms with E-state index in [0.717, 1.165) is 0 Å². The van der Waals surface area contributed by atoms with Crippen molar-refractivity contribution in [2.45, 2.75) is 58.5 Å². The molecule has 0 fully saturated rings. The molecule has 3 heterocycles. The molecule has 0 bridgehead atoms. The van der Waals surface area contributed by atoms with Crippen molar-refractivity contribution in [3.05, 3.63) is 52.5 Å². The number of pyridine rings is 2. The number of rotatable bonds is 12. The first-order chi connectivity index (χ1) is 17.9. The van der Waals surface area contributed by atoms with E-state index in [4.69, 9.17) is 4.74 Å². The Hall–Kier alpha value is -3.77. The van der Waals surface area contributed by atoms with E-state index in [1.807, 2.05) is 0 Å². The molecular weight excluding hydrogens is 510 g/mol. The highest BCUT2D eigenvalue weighted by Gasteiger charge is 2.42. The SMILES string of the molecule is CC(=O)NCCCNC(=O)Cc1nccc2c1CN(C(C)c1cnc(OCC(F)(F)C(F)F)c(C)c1)C2=O. The number of carbonyl (C=O) groups excluding carboxylic acids is 3. The van der Waals surface area contributed by atoms with Crippen molar-refractivity contribution in [1.82, 2.24) is 25.5 Å². The standard InChI is InChI=1S/C25H29F4N5O4/c1-14-9-17(11-33-22(14)38-13-25(28,29)24(26)27)15(2)34-12-19-18(23(34)37)5-8-31-20(19)10-21(36)32-7-4-6-30-16(3)35/h5,8-9,11,15,24H,4,6-7,10,12-13H2,1-3H3,(H,30,35)(H,32,36). The van der Waals surface area contributed by atoms with Gasteiger partial charge in [0.1, 0.15) is 0 Å². The van der Waals surface area contributed by atoms with E-state index >= 15 is 0 Å². The maximum Gasteiger partial charge on any atom is 0.340 e. The van der Waals surface area contributed by atoms with Gasteiger partial charge in [0.25, 0.3) is 5.91 Å². The number of alkyl halides is 4. The highest BCUT2D eigenvalue weighted by molar-refractivity contribution is 5.99. The Morgan fingerprint density at radius 1 is 1.21 bits per heavy atom. The van der Waals surface area contributed by atoms with Gasteiger partial charge in [0, 0.05) is 55.6 Å². The van der Waals surface area contributed by atoms with Gasteiger partial charge in [0.15, 0.2) is 6.61 Å². The molecule has 0 aromatic carbocycles. The second-order valence-corrected chi connectivity index (χ2v) is 9.00. The lowest BCUT2D eigenvalue weighted by molar-refractivity contribution is -0.148. The number of ether oxygens (including phenoxy) is 1. The summed E-state index contributed by atoms with van der Waals surface area (Å²) in [6, 6.07) is 2.70. The van der Waals surface area contributed by atoms with E-state index in [-0.39, 0.29) is 36.6 Å². The van der Waals surface area contributed by atoms with Crippen LogP contribution in [0.5, 0.6) is 5.88 Å². The molecule has 0 saturated heterocycles. The van der Waals surface area contributed by atoms with E-state index in [1.54, 1.807) is 24.0 Å². The summed E-state index contributed by atoms with van der Waals surface area (Å²) in [6.45, 7) is 4.23. The number of aryl methyl sites for hydroxylation is 1. The number of halogens is 4. The van der Waals surface area contributed by atoms with E-state index in [0.29, 0.717) is 47.5 Å². The third-order valence-corrected chi connectivity index (χ3v) is 6.06. The van der Waals surface area contributed by atoms with Crippen molar-refractivity contribution in [2.24, 2.45) is 0 Å². The highest BCUT2D eigenvalue weighted by Crippen LogP contribution is 2.33. The maximum absolute atomic E-state index is 13.2. The molecule has 0 radical (unpaired) electrons. The predicted octanol–water partition coefficient (Wildman–Crippen LogP) is 2.97. The Balaban J connectivity index is 1.65. The van der Waals surface area contributed by atoms with Gasteiger partial charge in [-0.2, -0.15) is 8.78 Å². The van der Waals surface area contributed by atoms with E-state index < -0.39 is 25.0 Å². The van der Waals surface area contributed by atoms with Gasteiger partial charge < -0.3 is 20.3 Å². The number of fused-ring (bicyclic) bond motifs is 1. The number of hydrogen-bond donors (Lipinski definition) is 2. The summed E-state index contributed by atoms with van der Waals surface area (Å²) in [5.74, 6) is -5.18. The van der Waals surface area contributed by atoms with Crippen LogP contribution in [0.2, 0.25) is 0 Å². The van der Waals surface area contributed by atoms with Crippen molar-refractivity contribution in [3.63, 3.8) is 0 Å². The molecule has 2 aromatic heterocycles. The van der Waals surface area contributed by atoms with Crippen LogP contribution >= 0.6 is 0 Å². The Bertz CT molecular complexity index is 1190. The summed E-state index contributed by atoms with van der Waals surface area (Å²) in [4.78, 5) is 46.3. The van der Waals surface area contributed by atoms with Crippen LogP contribution in [0.25, 0.3) is 0 Å². The van der Waals surface area contributed by atoms with Gasteiger partial charge in [-0.25, -0.2) is 13.8 Å². The smallest absolute Gasteiger partial charge is 0.340 e. The molecule has 1 unspecified atom stereocenters. The molecule has 13 heteroatoms. The van der Waals surface area contributed by atoms with Crippen LogP contribution in [0.1, 0.15) is 59.1 Å². The van der Waals surface area contributed by atoms with Crippen LogP contribution in [0, 0.1) is 6.92 Å². The summed E-state index contributed by atoms with van der Waals surface area (Å²) in [5, 5.41) is 5.41. The van der Waals surface area contributed by atoms with Crippen LogP contribution in [-0.2, 0) is 22.6 Å². The predicted molar refractivity (Wildman–Crippen MR) is 128 cm³/mol. The van der Waals surface area contributed by atoms with Crippen molar-refractivity contribution in [2.75, 3.05) is 19.7 Å². The minimum absolute atomic E-state index is 0.0191. The van der Waals surface area contributed by atoms with Crippen LogP contribution < -0.4 is 15.4 Å². The zero-order chi connectivity index (χ0) is 28.0. The third kappa shape index (κ3) is 6.95. The summed E-state index contributed by atoms with van der Waals surface area (Å²) < 4.78 is 56.0. The topological polar surface area (TPSA) is 114 Å². The van der Waals surface area contributed by atoms with Crippen molar-refractivity contribution < 1.29 is 36.7 Å². The fourth-order valence-electron chi connectivity index (χ4n) is 3.94. The Morgan fingerprint density at radius 3 is 2.58 bits per heavy atom. The van der Waals surface area contributed by atoms with Gasteiger partial charge in [-0.15, -0.1) is 0 Å². The Kier molecular flexibility index (Phi) is 9.23. The molecule has 1 atom stereocenters. The average Bonchev–Trinajstić information content (AvgIpc) is 3.19. The zero-order valence-corrected chi connectivity index (χ0v) is 21.2. The van der Waals surface area contributed by atoms with Gasteiger partial charge in [-0.05, 0) is 38.0 Å². The lowest BCUT2D eigenvalue weighted by Gasteiger charge is -2.25. The first-order valence-corrected chi connectivity index (χ1v) is 11.9. The largest absolute Gasteiger partial charge is 0.471 e. The van der Waals surface area contributed by atoms with Crippen LogP contribution in [0.3, 0.4) is 0 Å². The van der Waals surface area contributed by atoms with Crippen molar-refractivity contribution >= 4 is 17.7 Å². The molecule has 9 nitrogen and oxygen atoms in total. The Morgan fingerprint density at radius 2 is 1.92 bits per heavy atom. The summed E-state index contributed by atoms with van der Waals surface area (Å²) in [6.07, 6.45) is -0.490. The van der Waals surface area contributed by atoms with Gasteiger partial charge in [0.05, 0.1) is 18.2 Å². The number of nitrogens with one attached hydrogen (secondary N) is 2. The monoisotopic (exact) mass is 539 g/mol. The zero-order valence-electron chi connectivity index (χ0n) is 21.2. The average molecular weight is 540 g/mol. The van der Waals surface area contributed by atoms with Crippen LogP contribution in [-0.4, -0.2) is 64.6 Å². The molecule has 1 aliphatic heterocycles. The molecule has 1 aliphatic rings. The quantitative estimate of drug-likeness (QED) is 0.317. The van der Waals surface area contributed by atoms with E-state index in [1.165, 1.54) is 26.2 Å². The number of aromatic nitrogens is 2. The van der Waals surface area contributed by atoms with Crippen molar-refractivity contribution in [3.8, 4) is 5.88 Å². The second-order valence-electron chi connectivity index (χ2n) is 9.00. The molecule has 0 saturated carbocycles. The maximum atomic E-state index is 13.2. The minimum Gasteiger partial charge on any atom is -0.471 e. The van der Waals surface area contributed by atoms with Gasteiger partial charge in [-0.3, -0.25) is 19.4 Å². The highest BCUT2D eigenvalue weighted by atomic mass is 19.3. The minimum atomic E-state index is -4.30. The Labute approximate surface area is 217 Å². The van der Waals surface area contributed by atoms with E-state index in [2.05, 4.69) is 20.6 Å². The lowest BCUT2D eigenvalue weighted by atomic mass is 10.1. The fourth-order valence-corrected chi connectivity index (χ4v) is 3.94. The molecule has 2 N–H and O–H groups in total. The van der Waals surface area contributed by atoms with Gasteiger partial charge >= 0.3 is 12.3 Å². The number of amides is 3. The van der Waals surface area contributed by atoms with Gasteiger partial charge in [-0.1, -0.05) is 0 Å². The third-order valence-electron chi connectivity index (χ3n) is 6.06. The summed E-state index contributed by atoms with van der Waals surface area (Å²) in [7, 11) is 0. The normalized spacial score (nSPS) is 13.9. The van der Waals surface area contributed by atoms with E-state index in [9.17, 15) is 31.9 Å². The van der Waals surface area contributed by atoms with Crippen LogP contribution in [0.4, 0.5) is 17.6 Å². The molecule has 206 valence electrons. The molecule has 3 amide bonds.